The highest BCUT2D eigenvalue weighted by Gasteiger charge is 2.39. The van der Waals surface area contributed by atoms with Crippen LogP contribution in [0, 0.1) is 0 Å². The Morgan fingerprint density at radius 2 is 1.78 bits per heavy atom. The number of aliphatic hydroxyl groups is 1. The number of fused-ring (bicyclic) bond motifs is 1. The first-order valence-corrected chi connectivity index (χ1v) is 15.8. The molecule has 10 heteroatoms. The monoisotopic (exact) mass is 624 g/mol. The summed E-state index contributed by atoms with van der Waals surface area (Å²) >= 11 is 0. The number of carbonyl (C=O) groups is 2. The molecule has 6 rings (SSSR count). The number of ether oxygens (including phenoxy) is 3. The summed E-state index contributed by atoms with van der Waals surface area (Å²) in [5.74, 6) is -0.577. The topological polar surface area (TPSA) is 123 Å². The van der Waals surface area contributed by atoms with Crippen LogP contribution in [0.4, 0.5) is 5.69 Å². The van der Waals surface area contributed by atoms with Crippen LogP contribution < -0.4 is 5.32 Å². The summed E-state index contributed by atoms with van der Waals surface area (Å²) in [6.45, 7) is 6.94. The normalized spacial score (nSPS) is 22.1. The molecule has 46 heavy (non-hydrogen) atoms. The Morgan fingerprint density at radius 1 is 1.00 bits per heavy atom. The summed E-state index contributed by atoms with van der Waals surface area (Å²) in [6, 6.07) is 22.2. The van der Waals surface area contributed by atoms with Crippen LogP contribution in [0.2, 0.25) is 0 Å². The Labute approximate surface area is 268 Å². The van der Waals surface area contributed by atoms with Crippen LogP contribution in [0.15, 0.2) is 79.0 Å². The Kier molecular flexibility index (Phi) is 9.42. The quantitative estimate of drug-likeness (QED) is 0.237. The van der Waals surface area contributed by atoms with E-state index in [0.29, 0.717) is 29.7 Å². The van der Waals surface area contributed by atoms with Crippen LogP contribution in [0.1, 0.15) is 79.6 Å². The molecule has 4 atom stereocenters. The first-order chi connectivity index (χ1) is 22.1. The lowest BCUT2D eigenvalue weighted by Crippen LogP contribution is -2.45. The van der Waals surface area contributed by atoms with Gasteiger partial charge < -0.3 is 24.6 Å². The van der Waals surface area contributed by atoms with E-state index < -0.39 is 11.9 Å². The highest BCUT2D eigenvalue weighted by molar-refractivity contribution is 6.03. The van der Waals surface area contributed by atoms with Gasteiger partial charge in [-0.25, -0.2) is 4.98 Å². The smallest absolute Gasteiger partial charge is 0.323 e. The molecule has 1 amide bonds. The summed E-state index contributed by atoms with van der Waals surface area (Å²) < 4.78 is 18.8. The van der Waals surface area contributed by atoms with Crippen molar-refractivity contribution in [1.82, 2.24) is 14.9 Å². The van der Waals surface area contributed by atoms with Crippen molar-refractivity contribution < 1.29 is 28.9 Å². The first kappa shape index (κ1) is 31.7. The van der Waals surface area contributed by atoms with Gasteiger partial charge in [-0.3, -0.25) is 19.5 Å². The van der Waals surface area contributed by atoms with Crippen LogP contribution >= 0.6 is 0 Å². The van der Waals surface area contributed by atoms with E-state index in [1.165, 1.54) is 6.20 Å². The maximum atomic E-state index is 13.1. The van der Waals surface area contributed by atoms with Gasteiger partial charge in [-0.05, 0) is 75.5 Å². The highest BCUT2D eigenvalue weighted by Crippen LogP contribution is 2.39. The molecule has 0 radical (unpaired) electrons. The number of hydrogen-bond acceptors (Lipinski definition) is 9. The van der Waals surface area contributed by atoms with E-state index in [9.17, 15) is 14.7 Å². The van der Waals surface area contributed by atoms with Crippen LogP contribution in [0.5, 0.6) is 0 Å². The van der Waals surface area contributed by atoms with Crippen molar-refractivity contribution in [3.05, 3.63) is 101 Å². The highest BCUT2D eigenvalue weighted by atomic mass is 16.7. The number of aliphatic hydroxyl groups excluding tert-OH is 1. The van der Waals surface area contributed by atoms with Gasteiger partial charge in [-0.2, -0.15) is 0 Å². The fraction of sp³-hybridized carbons (Fsp3) is 0.389. The first-order valence-electron chi connectivity index (χ1n) is 15.8. The average Bonchev–Trinajstić information content (AvgIpc) is 3.52. The number of rotatable bonds is 8. The number of anilines is 1. The molecule has 0 bridgehead atoms. The van der Waals surface area contributed by atoms with Gasteiger partial charge in [-0.1, -0.05) is 48.5 Å². The summed E-state index contributed by atoms with van der Waals surface area (Å²) in [5, 5.41) is 12.5. The molecule has 0 saturated carbocycles. The second-order valence-electron chi connectivity index (χ2n) is 12.9. The van der Waals surface area contributed by atoms with Crippen molar-refractivity contribution in [2.75, 3.05) is 18.4 Å². The standard InChI is InChI=1S/C36H40N4O6/c1-36(2,3)46-34(43)31-12-7-17-40(31)21-27-19-32(24-15-13-23(22-41)14-16-24)45-35(44-27)25-8-6-9-26(18-25)38-33(42)30-20-37-28-10-4-5-11-29(28)39-30/h4-6,8-11,13-16,18,20,27,31-32,35,41H,7,12,17,19,21-22H2,1-3H3,(H,38,42)/t27-,31+,32+,35+/m1/s1. The molecule has 2 N–H and O–H groups in total. The zero-order valence-corrected chi connectivity index (χ0v) is 26.4. The van der Waals surface area contributed by atoms with Crippen molar-refractivity contribution in [3.63, 3.8) is 0 Å². The predicted molar refractivity (Wildman–Crippen MR) is 173 cm³/mol. The summed E-state index contributed by atoms with van der Waals surface area (Å²) in [5.41, 5.74) is 4.12. The summed E-state index contributed by atoms with van der Waals surface area (Å²) in [4.78, 5) is 37.1. The van der Waals surface area contributed by atoms with Crippen molar-refractivity contribution in [2.45, 2.75) is 76.8 Å². The number of likely N-dealkylation sites (tertiary alicyclic amines) is 1. The number of amides is 1. The Morgan fingerprint density at radius 3 is 2.54 bits per heavy atom. The van der Waals surface area contributed by atoms with E-state index in [-0.39, 0.29) is 42.4 Å². The molecular weight excluding hydrogens is 584 g/mol. The van der Waals surface area contributed by atoms with Gasteiger partial charge in [-0.15, -0.1) is 0 Å². The average molecular weight is 625 g/mol. The Hall–Kier alpha value is -4.22. The number of nitrogens with zero attached hydrogens (tertiary/aromatic N) is 3. The van der Waals surface area contributed by atoms with E-state index in [4.69, 9.17) is 14.2 Å². The van der Waals surface area contributed by atoms with Gasteiger partial charge >= 0.3 is 5.97 Å². The zero-order chi connectivity index (χ0) is 32.3. The van der Waals surface area contributed by atoms with Gasteiger partial charge in [0.15, 0.2) is 6.29 Å². The third-order valence-corrected chi connectivity index (χ3v) is 8.19. The molecule has 2 aliphatic heterocycles. The van der Waals surface area contributed by atoms with Gasteiger partial charge in [0.25, 0.3) is 5.91 Å². The molecule has 3 aromatic carbocycles. The molecule has 2 fully saturated rings. The van der Waals surface area contributed by atoms with E-state index in [2.05, 4.69) is 20.2 Å². The molecule has 2 saturated heterocycles. The molecule has 0 unspecified atom stereocenters. The molecule has 0 aliphatic carbocycles. The fourth-order valence-electron chi connectivity index (χ4n) is 6.00. The SMILES string of the molecule is CC(C)(C)OC(=O)[C@@H]1CCCN1C[C@H]1C[C@@H](c2ccc(CO)cc2)O[C@@H](c2cccc(NC(=O)c3cnc4ccccc4n3)c2)O1. The van der Waals surface area contributed by atoms with Gasteiger partial charge in [0.2, 0.25) is 0 Å². The minimum atomic E-state index is -0.721. The molecule has 1 aromatic heterocycles. The molecule has 2 aliphatic rings. The molecular formula is C36H40N4O6. The van der Waals surface area contributed by atoms with Crippen LogP contribution in [0.3, 0.4) is 0 Å². The number of aromatic nitrogens is 2. The van der Waals surface area contributed by atoms with E-state index in [1.807, 2.05) is 87.5 Å². The van der Waals surface area contributed by atoms with Gasteiger partial charge in [0, 0.05) is 24.2 Å². The fourth-order valence-corrected chi connectivity index (χ4v) is 6.00. The second-order valence-corrected chi connectivity index (χ2v) is 12.9. The van der Waals surface area contributed by atoms with E-state index in [1.54, 1.807) is 6.07 Å². The van der Waals surface area contributed by atoms with Gasteiger partial charge in [0.05, 0.1) is 36.0 Å². The molecule has 3 heterocycles. The number of para-hydroxylation sites is 2. The molecule has 4 aromatic rings. The zero-order valence-electron chi connectivity index (χ0n) is 26.4. The van der Waals surface area contributed by atoms with Crippen LogP contribution in [-0.4, -0.2) is 62.7 Å². The Balaban J connectivity index is 1.21. The second kappa shape index (κ2) is 13.6. The van der Waals surface area contributed by atoms with Crippen molar-refractivity contribution in [2.24, 2.45) is 0 Å². The minimum Gasteiger partial charge on any atom is -0.459 e. The number of hydrogen-bond donors (Lipinski definition) is 2. The maximum Gasteiger partial charge on any atom is 0.323 e. The number of nitrogens with one attached hydrogen (secondary N) is 1. The minimum absolute atomic E-state index is 0.0372. The van der Waals surface area contributed by atoms with Gasteiger partial charge in [0.1, 0.15) is 17.3 Å². The molecule has 0 spiro atoms. The summed E-state index contributed by atoms with van der Waals surface area (Å²) in [7, 11) is 0. The van der Waals surface area contributed by atoms with E-state index in [0.717, 1.165) is 36.1 Å². The molecule has 10 nitrogen and oxygen atoms in total. The third-order valence-electron chi connectivity index (χ3n) is 8.19. The Bertz CT molecular complexity index is 1690. The third kappa shape index (κ3) is 7.59. The lowest BCUT2D eigenvalue weighted by atomic mass is 9.99. The number of esters is 1. The van der Waals surface area contributed by atoms with E-state index >= 15 is 0 Å². The van der Waals surface area contributed by atoms with Crippen LogP contribution in [0.25, 0.3) is 11.0 Å². The number of carbonyl (C=O) groups excluding carboxylic acids is 2. The lowest BCUT2D eigenvalue weighted by molar-refractivity contribution is -0.253. The maximum absolute atomic E-state index is 13.1. The lowest BCUT2D eigenvalue weighted by Gasteiger charge is -2.38. The number of benzene rings is 3. The van der Waals surface area contributed by atoms with Crippen molar-refractivity contribution in [1.29, 1.82) is 0 Å². The largest absolute Gasteiger partial charge is 0.459 e. The van der Waals surface area contributed by atoms with Crippen molar-refractivity contribution >= 4 is 28.6 Å². The van der Waals surface area contributed by atoms with Crippen molar-refractivity contribution in [3.8, 4) is 0 Å². The predicted octanol–water partition coefficient (Wildman–Crippen LogP) is 5.73. The summed E-state index contributed by atoms with van der Waals surface area (Å²) in [6.07, 6.45) is 2.46. The van der Waals surface area contributed by atoms with Crippen LogP contribution in [-0.2, 0) is 25.6 Å². The molecule has 240 valence electrons.